The molecule has 0 aliphatic carbocycles. The molecule has 0 saturated carbocycles. The van der Waals surface area contributed by atoms with Crippen molar-refractivity contribution in [1.82, 2.24) is 9.55 Å². The largest absolute Gasteiger partial charge is 0.493 e. The van der Waals surface area contributed by atoms with Gasteiger partial charge in [0.25, 0.3) is 0 Å². The fourth-order valence-corrected chi connectivity index (χ4v) is 3.77. The first-order chi connectivity index (χ1) is 15.2. The molecule has 0 aliphatic rings. The number of amides is 1. The maximum Gasteiger partial charge on any atom is 0.313 e. The van der Waals surface area contributed by atoms with Crippen LogP contribution < -0.4 is 0 Å². The molecule has 1 N–H and O–H groups in total. The molecular formula is C25H18N4O2. The molecule has 2 aromatic heterocycles. The summed E-state index contributed by atoms with van der Waals surface area (Å²) in [6, 6.07) is 26.8. The van der Waals surface area contributed by atoms with Crippen molar-refractivity contribution >= 4 is 33.3 Å². The minimum absolute atomic E-state index is 0.0355. The Kier molecular flexibility index (Phi) is 4.72. The van der Waals surface area contributed by atoms with E-state index < -0.39 is 5.91 Å². The third-order valence-corrected chi connectivity index (χ3v) is 5.25. The third-order valence-electron chi connectivity index (χ3n) is 5.25. The Morgan fingerprint density at radius 2 is 1.61 bits per heavy atom. The molecule has 3 aromatic carbocycles. The number of aromatic hydroxyl groups is 1. The summed E-state index contributed by atoms with van der Waals surface area (Å²) < 4.78 is 1.79. The maximum atomic E-state index is 12.3. The van der Waals surface area contributed by atoms with Crippen molar-refractivity contribution in [1.29, 1.82) is 0 Å². The first-order valence-electron chi connectivity index (χ1n) is 9.86. The van der Waals surface area contributed by atoms with Crippen LogP contribution in [0.15, 0.2) is 101 Å². The summed E-state index contributed by atoms with van der Waals surface area (Å²) in [5.41, 5.74) is 2.35. The van der Waals surface area contributed by atoms with Gasteiger partial charge in [-0.3, -0.25) is 9.78 Å². The lowest BCUT2D eigenvalue weighted by Crippen LogP contribution is -1.99. The Morgan fingerprint density at radius 3 is 2.45 bits per heavy atom. The van der Waals surface area contributed by atoms with Crippen LogP contribution in [0, 0.1) is 0 Å². The molecule has 31 heavy (non-hydrogen) atoms. The van der Waals surface area contributed by atoms with E-state index >= 15 is 0 Å². The molecule has 0 bridgehead atoms. The highest BCUT2D eigenvalue weighted by molar-refractivity contribution is 5.97. The monoisotopic (exact) mass is 406 g/mol. The number of aromatic nitrogens is 2. The number of nitrogens with zero attached hydrogens (tertiary/aromatic N) is 4. The highest BCUT2D eigenvalue weighted by Crippen LogP contribution is 2.39. The van der Waals surface area contributed by atoms with Gasteiger partial charge in [-0.25, -0.2) is 0 Å². The van der Waals surface area contributed by atoms with Crippen molar-refractivity contribution in [2.45, 2.75) is 6.54 Å². The van der Waals surface area contributed by atoms with Crippen LogP contribution in [0.1, 0.15) is 16.1 Å². The van der Waals surface area contributed by atoms with Gasteiger partial charge >= 0.3 is 5.91 Å². The normalized spacial score (nSPS) is 11.5. The highest BCUT2D eigenvalue weighted by Gasteiger charge is 2.18. The van der Waals surface area contributed by atoms with Crippen LogP contribution in [0.2, 0.25) is 0 Å². The zero-order chi connectivity index (χ0) is 21.2. The third kappa shape index (κ3) is 3.44. The van der Waals surface area contributed by atoms with Gasteiger partial charge in [-0.1, -0.05) is 66.7 Å². The van der Waals surface area contributed by atoms with Gasteiger partial charge in [0, 0.05) is 11.6 Å². The summed E-state index contributed by atoms with van der Waals surface area (Å²) in [5, 5.41) is 21.9. The Labute approximate surface area is 178 Å². The van der Waals surface area contributed by atoms with E-state index in [4.69, 9.17) is 0 Å². The maximum absolute atomic E-state index is 12.3. The van der Waals surface area contributed by atoms with Crippen LogP contribution in [0.25, 0.3) is 21.7 Å². The van der Waals surface area contributed by atoms with Crippen molar-refractivity contribution in [3.05, 3.63) is 102 Å². The molecule has 5 aromatic rings. The minimum Gasteiger partial charge on any atom is -0.493 e. The molecule has 6 heteroatoms. The molecule has 0 unspecified atom stereocenters. The second-order valence-corrected chi connectivity index (χ2v) is 7.13. The van der Waals surface area contributed by atoms with Gasteiger partial charge in [0.15, 0.2) is 5.69 Å². The van der Waals surface area contributed by atoms with E-state index in [1.807, 2.05) is 48.5 Å². The number of carbonyl (C=O) groups excluding carboxylic acids is 1. The first kappa shape index (κ1) is 18.7. The van der Waals surface area contributed by atoms with Gasteiger partial charge in [-0.15, -0.1) is 10.2 Å². The SMILES string of the molecule is O=C(N=Nc1c(O)n(Cc2cccc3ccccc23)c2ccccc12)c1ccccn1. The molecule has 0 radical (unpaired) electrons. The van der Waals surface area contributed by atoms with Gasteiger partial charge in [0.1, 0.15) is 5.69 Å². The van der Waals surface area contributed by atoms with Crippen molar-refractivity contribution in [3.8, 4) is 5.88 Å². The fourth-order valence-electron chi connectivity index (χ4n) is 3.77. The quantitative estimate of drug-likeness (QED) is 0.379. The molecule has 0 atom stereocenters. The van der Waals surface area contributed by atoms with Crippen molar-refractivity contribution in [3.63, 3.8) is 0 Å². The number of rotatable bonds is 4. The number of hydrogen-bond donors (Lipinski definition) is 1. The average molecular weight is 406 g/mol. The molecule has 6 nitrogen and oxygen atoms in total. The fraction of sp³-hybridized carbons (Fsp3) is 0.0400. The van der Waals surface area contributed by atoms with Gasteiger partial charge in [0.05, 0.1) is 12.1 Å². The predicted octanol–water partition coefficient (Wildman–Crippen LogP) is 5.87. The van der Waals surface area contributed by atoms with Crippen LogP contribution in [0.5, 0.6) is 5.88 Å². The number of benzene rings is 3. The number of azo groups is 1. The molecule has 0 aliphatic heterocycles. The van der Waals surface area contributed by atoms with Crippen molar-refractivity contribution < 1.29 is 9.90 Å². The summed E-state index contributed by atoms with van der Waals surface area (Å²) >= 11 is 0. The first-order valence-corrected chi connectivity index (χ1v) is 9.86. The van der Waals surface area contributed by atoms with Crippen LogP contribution in [0.4, 0.5) is 5.69 Å². The zero-order valence-corrected chi connectivity index (χ0v) is 16.5. The molecule has 2 heterocycles. The Bertz CT molecular complexity index is 1430. The number of hydrogen-bond acceptors (Lipinski definition) is 4. The molecule has 1 amide bonds. The summed E-state index contributed by atoms with van der Waals surface area (Å²) in [4.78, 5) is 16.3. The van der Waals surface area contributed by atoms with E-state index in [0.717, 1.165) is 27.2 Å². The van der Waals surface area contributed by atoms with Crippen LogP contribution in [-0.2, 0) is 6.54 Å². The summed E-state index contributed by atoms with van der Waals surface area (Å²) in [7, 11) is 0. The minimum atomic E-state index is -0.564. The second-order valence-electron chi connectivity index (χ2n) is 7.13. The lowest BCUT2D eigenvalue weighted by Gasteiger charge is -2.10. The molecule has 5 rings (SSSR count). The molecule has 0 fully saturated rings. The Balaban J connectivity index is 1.58. The lowest BCUT2D eigenvalue weighted by molar-refractivity contribution is 0.0990. The van der Waals surface area contributed by atoms with Crippen LogP contribution in [-0.4, -0.2) is 20.6 Å². The molecule has 0 saturated heterocycles. The average Bonchev–Trinajstić information content (AvgIpc) is 3.09. The van der Waals surface area contributed by atoms with E-state index in [-0.39, 0.29) is 17.3 Å². The van der Waals surface area contributed by atoms with Crippen molar-refractivity contribution in [2.24, 2.45) is 10.2 Å². The van der Waals surface area contributed by atoms with Gasteiger partial charge in [0.2, 0.25) is 5.88 Å². The number of para-hydroxylation sites is 1. The molecule has 150 valence electrons. The van der Waals surface area contributed by atoms with Gasteiger partial charge < -0.3 is 9.67 Å². The summed E-state index contributed by atoms with van der Waals surface area (Å²) in [5.74, 6) is -0.599. The van der Waals surface area contributed by atoms with Crippen molar-refractivity contribution in [2.75, 3.05) is 0 Å². The standard InChI is InChI=1S/C25H18N4O2/c30-24(21-13-5-6-15-26-21)28-27-23-20-12-3-4-14-22(20)29(25(23)31)16-18-10-7-9-17-8-1-2-11-19(17)18/h1-15,31H,16H2. The summed E-state index contributed by atoms with van der Waals surface area (Å²) in [6.45, 7) is 0.456. The van der Waals surface area contributed by atoms with Crippen LogP contribution >= 0.6 is 0 Å². The lowest BCUT2D eigenvalue weighted by atomic mass is 10.0. The van der Waals surface area contributed by atoms with Gasteiger partial charge in [-0.2, -0.15) is 0 Å². The smallest absolute Gasteiger partial charge is 0.313 e. The molecule has 0 spiro atoms. The topological polar surface area (TPSA) is 79.8 Å². The zero-order valence-electron chi connectivity index (χ0n) is 16.5. The number of pyridine rings is 1. The van der Waals surface area contributed by atoms with E-state index in [1.54, 1.807) is 22.8 Å². The van der Waals surface area contributed by atoms with E-state index in [1.165, 1.54) is 6.20 Å². The molecular weight excluding hydrogens is 388 g/mol. The highest BCUT2D eigenvalue weighted by atomic mass is 16.3. The predicted molar refractivity (Wildman–Crippen MR) is 120 cm³/mol. The number of carbonyl (C=O) groups is 1. The van der Waals surface area contributed by atoms with Gasteiger partial charge in [-0.05, 0) is 34.5 Å². The number of fused-ring (bicyclic) bond motifs is 2. The summed E-state index contributed by atoms with van der Waals surface area (Å²) in [6.07, 6.45) is 1.52. The van der Waals surface area contributed by atoms with E-state index in [0.29, 0.717) is 6.54 Å². The Hall–Kier alpha value is -4.32. The van der Waals surface area contributed by atoms with Crippen LogP contribution in [0.3, 0.4) is 0 Å². The Morgan fingerprint density at radius 1 is 0.871 bits per heavy atom. The van der Waals surface area contributed by atoms with E-state index in [2.05, 4.69) is 33.4 Å². The van der Waals surface area contributed by atoms with E-state index in [9.17, 15) is 9.90 Å². The second kappa shape index (κ2) is 7.84.